The molecule has 15 heavy (non-hydrogen) atoms. The molecule has 0 bridgehead atoms. The highest BCUT2D eigenvalue weighted by atomic mass is 32.1. The quantitative estimate of drug-likeness (QED) is 0.475. The van der Waals surface area contributed by atoms with Gasteiger partial charge in [-0.25, -0.2) is 10.8 Å². The molecular formula is C11H11N3S. The van der Waals surface area contributed by atoms with E-state index in [9.17, 15) is 0 Å². The van der Waals surface area contributed by atoms with Crippen molar-refractivity contribution in [1.29, 1.82) is 0 Å². The molecule has 2 aromatic rings. The highest BCUT2D eigenvalue weighted by Gasteiger charge is 2.06. The van der Waals surface area contributed by atoms with Gasteiger partial charge in [-0.1, -0.05) is 29.4 Å². The number of benzene rings is 1. The van der Waals surface area contributed by atoms with Crippen LogP contribution in [-0.2, 0) is 0 Å². The molecule has 4 heteroatoms. The van der Waals surface area contributed by atoms with Gasteiger partial charge in [-0.15, -0.1) is 5.92 Å². The first-order valence-corrected chi connectivity index (χ1v) is 5.40. The van der Waals surface area contributed by atoms with Gasteiger partial charge in [-0.05, 0) is 19.1 Å². The van der Waals surface area contributed by atoms with E-state index in [1.807, 2.05) is 24.3 Å². The molecule has 0 aliphatic heterocycles. The standard InChI is InChI=1S/C11H11N3S/c1-2-3-8-14(12)11-13-9-6-4-5-7-10(9)15-11/h4-7H,8,12H2,1H3. The predicted molar refractivity (Wildman–Crippen MR) is 64.6 cm³/mol. The van der Waals surface area contributed by atoms with Crippen LogP contribution in [0.2, 0.25) is 0 Å². The molecule has 1 aromatic heterocycles. The van der Waals surface area contributed by atoms with Crippen LogP contribution in [0.15, 0.2) is 24.3 Å². The van der Waals surface area contributed by atoms with Gasteiger partial charge in [0.25, 0.3) is 0 Å². The van der Waals surface area contributed by atoms with E-state index in [0.717, 1.165) is 15.3 Å². The van der Waals surface area contributed by atoms with Crippen LogP contribution in [0.25, 0.3) is 10.2 Å². The summed E-state index contributed by atoms with van der Waals surface area (Å²) < 4.78 is 1.15. The summed E-state index contributed by atoms with van der Waals surface area (Å²) in [4.78, 5) is 4.42. The number of anilines is 1. The van der Waals surface area contributed by atoms with Crippen molar-refractivity contribution in [3.8, 4) is 11.8 Å². The van der Waals surface area contributed by atoms with E-state index in [1.165, 1.54) is 0 Å². The highest BCUT2D eigenvalue weighted by Crippen LogP contribution is 2.26. The van der Waals surface area contributed by atoms with E-state index < -0.39 is 0 Å². The molecule has 2 rings (SSSR count). The minimum Gasteiger partial charge on any atom is -0.274 e. The summed E-state index contributed by atoms with van der Waals surface area (Å²) in [5, 5.41) is 2.38. The first-order valence-electron chi connectivity index (χ1n) is 4.58. The zero-order valence-corrected chi connectivity index (χ0v) is 9.21. The van der Waals surface area contributed by atoms with Gasteiger partial charge in [-0.3, -0.25) is 5.01 Å². The number of aromatic nitrogens is 1. The van der Waals surface area contributed by atoms with E-state index in [4.69, 9.17) is 5.84 Å². The molecule has 0 aliphatic carbocycles. The Labute approximate surface area is 92.5 Å². The lowest BCUT2D eigenvalue weighted by Crippen LogP contribution is -2.30. The monoisotopic (exact) mass is 217 g/mol. The normalized spacial score (nSPS) is 9.73. The summed E-state index contributed by atoms with van der Waals surface area (Å²) >= 11 is 1.58. The summed E-state index contributed by atoms with van der Waals surface area (Å²) in [6.07, 6.45) is 0. The number of rotatable bonds is 2. The van der Waals surface area contributed by atoms with Crippen molar-refractivity contribution >= 4 is 26.7 Å². The van der Waals surface area contributed by atoms with Crippen molar-refractivity contribution in [2.45, 2.75) is 6.92 Å². The van der Waals surface area contributed by atoms with Crippen molar-refractivity contribution in [3.63, 3.8) is 0 Å². The minimum atomic E-state index is 0.510. The third kappa shape index (κ3) is 2.09. The second kappa shape index (κ2) is 4.30. The van der Waals surface area contributed by atoms with Crippen LogP contribution in [-0.4, -0.2) is 11.5 Å². The maximum Gasteiger partial charge on any atom is 0.201 e. The third-order valence-electron chi connectivity index (χ3n) is 1.95. The first-order chi connectivity index (χ1) is 7.31. The molecule has 0 saturated carbocycles. The second-order valence-corrected chi connectivity index (χ2v) is 4.03. The van der Waals surface area contributed by atoms with Gasteiger partial charge in [-0.2, -0.15) is 0 Å². The first kappa shape index (κ1) is 9.97. The van der Waals surface area contributed by atoms with Crippen molar-refractivity contribution in [3.05, 3.63) is 24.3 Å². The molecule has 0 fully saturated rings. The van der Waals surface area contributed by atoms with Gasteiger partial charge >= 0.3 is 0 Å². The fourth-order valence-corrected chi connectivity index (χ4v) is 2.10. The largest absolute Gasteiger partial charge is 0.274 e. The lowest BCUT2D eigenvalue weighted by atomic mass is 10.3. The molecule has 0 unspecified atom stereocenters. The molecule has 0 amide bonds. The van der Waals surface area contributed by atoms with Crippen LogP contribution in [0.3, 0.4) is 0 Å². The SMILES string of the molecule is CC#CCN(N)c1nc2ccccc2s1. The number of thiazole rings is 1. The van der Waals surface area contributed by atoms with Crippen molar-refractivity contribution in [1.82, 2.24) is 4.98 Å². The van der Waals surface area contributed by atoms with Crippen LogP contribution in [0, 0.1) is 11.8 Å². The molecule has 0 atom stereocenters. The molecule has 1 heterocycles. The number of hydrazine groups is 1. The fraction of sp³-hybridized carbons (Fsp3) is 0.182. The van der Waals surface area contributed by atoms with Crippen molar-refractivity contribution in [2.24, 2.45) is 5.84 Å². The summed E-state index contributed by atoms with van der Waals surface area (Å²) in [5.41, 5.74) is 0.984. The molecule has 0 saturated heterocycles. The van der Waals surface area contributed by atoms with Crippen LogP contribution < -0.4 is 10.9 Å². The Bertz CT molecular complexity index is 488. The average Bonchev–Trinajstić information content (AvgIpc) is 2.69. The van der Waals surface area contributed by atoms with Crippen LogP contribution in [0.5, 0.6) is 0 Å². The minimum absolute atomic E-state index is 0.510. The van der Waals surface area contributed by atoms with Gasteiger partial charge in [0, 0.05) is 0 Å². The third-order valence-corrected chi connectivity index (χ3v) is 3.03. The fourth-order valence-electron chi connectivity index (χ4n) is 1.21. The maximum absolute atomic E-state index is 5.82. The number of hydrogen-bond acceptors (Lipinski definition) is 4. The second-order valence-electron chi connectivity index (χ2n) is 3.02. The topological polar surface area (TPSA) is 42.1 Å². The van der Waals surface area contributed by atoms with E-state index in [2.05, 4.69) is 16.8 Å². The maximum atomic E-state index is 5.82. The number of fused-ring (bicyclic) bond motifs is 1. The number of nitrogens with zero attached hydrogens (tertiary/aromatic N) is 2. The van der Waals surface area contributed by atoms with E-state index in [0.29, 0.717) is 6.54 Å². The molecule has 0 aliphatic rings. The van der Waals surface area contributed by atoms with Crippen molar-refractivity contribution < 1.29 is 0 Å². The zero-order chi connectivity index (χ0) is 10.7. The average molecular weight is 217 g/mol. The Kier molecular flexibility index (Phi) is 2.86. The van der Waals surface area contributed by atoms with Gasteiger partial charge in [0.1, 0.15) is 0 Å². The Morgan fingerprint density at radius 1 is 1.47 bits per heavy atom. The van der Waals surface area contributed by atoms with Gasteiger partial charge in [0.2, 0.25) is 5.13 Å². The van der Waals surface area contributed by atoms with Gasteiger partial charge < -0.3 is 0 Å². The molecule has 0 radical (unpaired) electrons. The van der Waals surface area contributed by atoms with Gasteiger partial charge in [0.15, 0.2) is 0 Å². The molecule has 0 spiro atoms. The summed E-state index contributed by atoms with van der Waals surface area (Å²) in [5.74, 6) is 11.5. The number of hydrogen-bond donors (Lipinski definition) is 1. The molecular weight excluding hydrogens is 206 g/mol. The Hall–Kier alpha value is -1.57. The smallest absolute Gasteiger partial charge is 0.201 e. The molecule has 76 valence electrons. The Balaban J connectivity index is 2.30. The molecule has 3 nitrogen and oxygen atoms in total. The molecule has 1 aromatic carbocycles. The predicted octanol–water partition coefficient (Wildman–Crippen LogP) is 2.00. The Morgan fingerprint density at radius 3 is 3.00 bits per heavy atom. The van der Waals surface area contributed by atoms with Crippen LogP contribution in [0.4, 0.5) is 5.13 Å². The zero-order valence-electron chi connectivity index (χ0n) is 8.40. The lowest BCUT2D eigenvalue weighted by Gasteiger charge is -2.09. The molecule has 2 N–H and O–H groups in total. The Morgan fingerprint density at radius 2 is 2.27 bits per heavy atom. The van der Waals surface area contributed by atoms with Crippen LogP contribution in [0.1, 0.15) is 6.92 Å². The lowest BCUT2D eigenvalue weighted by molar-refractivity contribution is 0.947. The van der Waals surface area contributed by atoms with E-state index in [-0.39, 0.29) is 0 Å². The van der Waals surface area contributed by atoms with E-state index >= 15 is 0 Å². The highest BCUT2D eigenvalue weighted by molar-refractivity contribution is 7.22. The summed E-state index contributed by atoms with van der Waals surface area (Å²) in [6, 6.07) is 7.99. The van der Waals surface area contributed by atoms with Crippen LogP contribution >= 0.6 is 11.3 Å². The number of para-hydroxylation sites is 1. The summed E-state index contributed by atoms with van der Waals surface area (Å²) in [6.45, 7) is 2.31. The number of nitrogens with two attached hydrogens (primary N) is 1. The van der Waals surface area contributed by atoms with Gasteiger partial charge in [0.05, 0.1) is 16.8 Å². The van der Waals surface area contributed by atoms with Crippen molar-refractivity contribution in [2.75, 3.05) is 11.6 Å². The van der Waals surface area contributed by atoms with E-state index in [1.54, 1.807) is 23.3 Å². The summed E-state index contributed by atoms with van der Waals surface area (Å²) in [7, 11) is 0.